The molecule has 86 valence electrons. The molecule has 4 nitrogen and oxygen atoms in total. The summed E-state index contributed by atoms with van der Waals surface area (Å²) in [6.07, 6.45) is 0.266. The average molecular weight is 221 g/mol. The number of carbonyl (C=O) groups is 2. The quantitative estimate of drug-likeness (QED) is 0.769. The number of benzene rings is 1. The number of hydrogen-bond donors (Lipinski definition) is 1. The van der Waals surface area contributed by atoms with Crippen molar-refractivity contribution >= 4 is 11.9 Å². The maximum absolute atomic E-state index is 11.5. The second kappa shape index (κ2) is 5.90. The summed E-state index contributed by atoms with van der Waals surface area (Å²) < 4.78 is 4.51. The van der Waals surface area contributed by atoms with Crippen LogP contribution in [-0.2, 0) is 20.7 Å². The number of methoxy groups -OCH3 is 1. The summed E-state index contributed by atoms with van der Waals surface area (Å²) in [6.45, 7) is 1.59. The Morgan fingerprint density at radius 2 is 1.94 bits per heavy atom. The van der Waals surface area contributed by atoms with E-state index in [0.717, 1.165) is 5.56 Å². The van der Waals surface area contributed by atoms with Crippen molar-refractivity contribution < 1.29 is 14.3 Å². The molecular formula is C12H15NO3. The molecule has 0 aromatic heterocycles. The fraction of sp³-hybridized carbons (Fsp3) is 0.333. The Morgan fingerprint density at radius 1 is 1.31 bits per heavy atom. The molecule has 0 saturated heterocycles. The van der Waals surface area contributed by atoms with Gasteiger partial charge in [0.15, 0.2) is 0 Å². The highest BCUT2D eigenvalue weighted by Crippen LogP contribution is 1.99. The molecule has 1 atom stereocenters. The zero-order valence-corrected chi connectivity index (χ0v) is 9.40. The number of ether oxygens (including phenoxy) is 1. The summed E-state index contributed by atoms with van der Waals surface area (Å²) >= 11 is 0. The van der Waals surface area contributed by atoms with Gasteiger partial charge in [0.2, 0.25) is 5.91 Å². The Hall–Kier alpha value is -1.84. The lowest BCUT2D eigenvalue weighted by Crippen LogP contribution is -2.39. The van der Waals surface area contributed by atoms with Gasteiger partial charge in [0, 0.05) is 0 Å². The molecule has 1 unspecified atom stereocenters. The van der Waals surface area contributed by atoms with Crippen molar-refractivity contribution in [3.8, 4) is 0 Å². The molecule has 0 saturated carbocycles. The van der Waals surface area contributed by atoms with E-state index in [-0.39, 0.29) is 12.3 Å². The van der Waals surface area contributed by atoms with E-state index in [1.165, 1.54) is 7.11 Å². The first-order valence-electron chi connectivity index (χ1n) is 5.04. The number of carbonyl (C=O) groups excluding carboxylic acids is 2. The molecular weight excluding hydrogens is 206 g/mol. The van der Waals surface area contributed by atoms with Gasteiger partial charge in [-0.05, 0) is 12.5 Å². The largest absolute Gasteiger partial charge is 0.467 e. The van der Waals surface area contributed by atoms with Crippen LogP contribution in [-0.4, -0.2) is 25.0 Å². The van der Waals surface area contributed by atoms with E-state index in [4.69, 9.17) is 0 Å². The zero-order chi connectivity index (χ0) is 12.0. The molecule has 1 N–H and O–H groups in total. The Balaban J connectivity index is 2.45. The first-order chi connectivity index (χ1) is 7.63. The van der Waals surface area contributed by atoms with Gasteiger partial charge >= 0.3 is 5.97 Å². The van der Waals surface area contributed by atoms with Crippen LogP contribution in [0, 0.1) is 0 Å². The number of hydrogen-bond acceptors (Lipinski definition) is 3. The Morgan fingerprint density at radius 3 is 2.50 bits per heavy atom. The van der Waals surface area contributed by atoms with E-state index in [0.29, 0.717) is 0 Å². The van der Waals surface area contributed by atoms with Gasteiger partial charge in [-0.1, -0.05) is 30.3 Å². The van der Waals surface area contributed by atoms with Crippen molar-refractivity contribution in [2.75, 3.05) is 7.11 Å². The van der Waals surface area contributed by atoms with Gasteiger partial charge in [0.1, 0.15) is 6.04 Å². The fourth-order valence-corrected chi connectivity index (χ4v) is 1.31. The minimum atomic E-state index is -0.610. The van der Waals surface area contributed by atoms with Crippen LogP contribution in [0.25, 0.3) is 0 Å². The zero-order valence-electron chi connectivity index (χ0n) is 9.40. The van der Waals surface area contributed by atoms with Crippen LogP contribution in [0.2, 0.25) is 0 Å². The predicted molar refractivity (Wildman–Crippen MR) is 59.8 cm³/mol. The first kappa shape index (κ1) is 12.2. The highest BCUT2D eigenvalue weighted by atomic mass is 16.5. The second-order valence-electron chi connectivity index (χ2n) is 3.47. The summed E-state index contributed by atoms with van der Waals surface area (Å²) in [6, 6.07) is 8.74. The van der Waals surface area contributed by atoms with Gasteiger partial charge < -0.3 is 10.1 Å². The topological polar surface area (TPSA) is 55.4 Å². The summed E-state index contributed by atoms with van der Waals surface area (Å²) in [7, 11) is 1.29. The van der Waals surface area contributed by atoms with Gasteiger partial charge in [0.05, 0.1) is 13.5 Å². The van der Waals surface area contributed by atoms with E-state index in [1.807, 2.05) is 30.3 Å². The van der Waals surface area contributed by atoms with Crippen molar-refractivity contribution in [2.45, 2.75) is 19.4 Å². The van der Waals surface area contributed by atoms with Crippen LogP contribution in [0.1, 0.15) is 12.5 Å². The molecule has 0 fully saturated rings. The first-order valence-corrected chi connectivity index (χ1v) is 5.04. The fourth-order valence-electron chi connectivity index (χ4n) is 1.31. The van der Waals surface area contributed by atoms with Gasteiger partial charge in [0.25, 0.3) is 0 Å². The van der Waals surface area contributed by atoms with Crippen molar-refractivity contribution in [2.24, 2.45) is 0 Å². The van der Waals surface area contributed by atoms with E-state index < -0.39 is 12.0 Å². The lowest BCUT2D eigenvalue weighted by atomic mass is 10.1. The monoisotopic (exact) mass is 221 g/mol. The molecule has 0 spiro atoms. The molecule has 0 radical (unpaired) electrons. The normalized spacial score (nSPS) is 11.6. The summed E-state index contributed by atoms with van der Waals surface area (Å²) in [5.74, 6) is -0.634. The molecule has 1 aromatic rings. The maximum Gasteiger partial charge on any atom is 0.328 e. The molecule has 0 bridgehead atoms. The molecule has 16 heavy (non-hydrogen) atoms. The van der Waals surface area contributed by atoms with Crippen molar-refractivity contribution in [1.29, 1.82) is 0 Å². The van der Waals surface area contributed by atoms with Gasteiger partial charge in [-0.15, -0.1) is 0 Å². The lowest BCUT2D eigenvalue weighted by molar-refractivity contribution is -0.144. The Bertz CT molecular complexity index is 362. The third-order valence-electron chi connectivity index (χ3n) is 2.14. The Kier molecular flexibility index (Phi) is 4.51. The molecule has 1 amide bonds. The molecule has 0 heterocycles. The van der Waals surface area contributed by atoms with E-state index in [9.17, 15) is 9.59 Å². The molecule has 0 aliphatic carbocycles. The Labute approximate surface area is 94.6 Å². The molecule has 1 rings (SSSR count). The van der Waals surface area contributed by atoms with E-state index in [1.54, 1.807) is 6.92 Å². The summed E-state index contributed by atoms with van der Waals surface area (Å²) in [5.41, 5.74) is 0.914. The van der Waals surface area contributed by atoms with Crippen LogP contribution in [0.15, 0.2) is 30.3 Å². The molecule has 0 aliphatic rings. The minimum absolute atomic E-state index is 0.191. The number of amides is 1. The van der Waals surface area contributed by atoms with Crippen LogP contribution in [0.3, 0.4) is 0 Å². The molecule has 0 aliphatic heterocycles. The van der Waals surface area contributed by atoms with Crippen molar-refractivity contribution in [1.82, 2.24) is 5.32 Å². The SMILES string of the molecule is COC(=O)C(C)NC(=O)Cc1ccccc1. The van der Waals surface area contributed by atoms with Crippen molar-refractivity contribution in [3.05, 3.63) is 35.9 Å². The lowest BCUT2D eigenvalue weighted by Gasteiger charge is -2.11. The van der Waals surface area contributed by atoms with E-state index in [2.05, 4.69) is 10.1 Å². The van der Waals surface area contributed by atoms with Crippen LogP contribution >= 0.6 is 0 Å². The number of rotatable bonds is 4. The second-order valence-corrected chi connectivity index (χ2v) is 3.47. The van der Waals surface area contributed by atoms with Gasteiger partial charge in [-0.2, -0.15) is 0 Å². The third kappa shape index (κ3) is 3.73. The van der Waals surface area contributed by atoms with Gasteiger partial charge in [-0.3, -0.25) is 4.79 Å². The third-order valence-corrected chi connectivity index (χ3v) is 2.14. The number of nitrogens with one attached hydrogen (secondary N) is 1. The summed E-state index contributed by atoms with van der Waals surface area (Å²) in [4.78, 5) is 22.6. The standard InChI is InChI=1S/C12H15NO3/c1-9(12(15)16-2)13-11(14)8-10-6-4-3-5-7-10/h3-7,9H,8H2,1-2H3,(H,13,14). The maximum atomic E-state index is 11.5. The average Bonchev–Trinajstić information content (AvgIpc) is 2.29. The highest BCUT2D eigenvalue weighted by molar-refractivity contribution is 5.85. The van der Waals surface area contributed by atoms with Crippen LogP contribution < -0.4 is 5.32 Å². The van der Waals surface area contributed by atoms with Crippen LogP contribution in [0.4, 0.5) is 0 Å². The van der Waals surface area contributed by atoms with Crippen molar-refractivity contribution in [3.63, 3.8) is 0 Å². The van der Waals surface area contributed by atoms with Gasteiger partial charge in [-0.25, -0.2) is 4.79 Å². The minimum Gasteiger partial charge on any atom is -0.467 e. The predicted octanol–water partition coefficient (Wildman–Crippen LogP) is 0.907. The smallest absolute Gasteiger partial charge is 0.328 e. The van der Waals surface area contributed by atoms with Crippen LogP contribution in [0.5, 0.6) is 0 Å². The summed E-state index contributed by atoms with van der Waals surface area (Å²) in [5, 5.41) is 2.57. The molecule has 4 heteroatoms. The number of esters is 1. The van der Waals surface area contributed by atoms with E-state index >= 15 is 0 Å². The molecule has 1 aromatic carbocycles. The highest BCUT2D eigenvalue weighted by Gasteiger charge is 2.15.